The summed E-state index contributed by atoms with van der Waals surface area (Å²) in [5.41, 5.74) is 6.82. The van der Waals surface area contributed by atoms with Crippen molar-refractivity contribution in [1.29, 1.82) is 0 Å². The van der Waals surface area contributed by atoms with E-state index in [1.54, 1.807) is 0 Å². The lowest BCUT2D eigenvalue weighted by Gasteiger charge is -2.15. The molecular weight excluding hydrogens is 464 g/mol. The second-order valence-corrected chi connectivity index (χ2v) is 9.01. The van der Waals surface area contributed by atoms with Crippen molar-refractivity contribution >= 4 is 0 Å². The molecule has 0 amide bonds. The molecule has 0 aliphatic carbocycles. The van der Waals surface area contributed by atoms with Crippen LogP contribution in [0, 0.1) is 0 Å². The lowest BCUT2D eigenvalue weighted by molar-refractivity contribution is 0.419. The van der Waals surface area contributed by atoms with Gasteiger partial charge in [-0.3, -0.25) is 0 Å². The summed E-state index contributed by atoms with van der Waals surface area (Å²) in [6.45, 7) is 0. The summed E-state index contributed by atoms with van der Waals surface area (Å²) < 4.78 is 12.7. The van der Waals surface area contributed by atoms with Crippen molar-refractivity contribution in [3.63, 3.8) is 0 Å². The fourth-order valence-electron chi connectivity index (χ4n) is 4.43. The smallest absolute Gasteiger partial charge is 0.170 e. The molecule has 0 fully saturated rings. The van der Waals surface area contributed by atoms with E-state index in [1.807, 2.05) is 91.0 Å². The molecule has 0 radical (unpaired) electrons. The summed E-state index contributed by atoms with van der Waals surface area (Å²) in [6, 6.07) is 53.3. The Balaban J connectivity index is 1.29. The van der Waals surface area contributed by atoms with Gasteiger partial charge in [0, 0.05) is 0 Å². The van der Waals surface area contributed by atoms with Gasteiger partial charge in [0.15, 0.2) is 11.5 Å². The number of rotatable bonds is 7. The van der Waals surface area contributed by atoms with Crippen molar-refractivity contribution in [2.45, 2.75) is 0 Å². The molecule has 38 heavy (non-hydrogen) atoms. The Bertz CT molecular complexity index is 1610. The molecule has 0 aromatic heterocycles. The van der Waals surface area contributed by atoms with Crippen molar-refractivity contribution in [2.75, 3.05) is 0 Å². The lowest BCUT2D eigenvalue weighted by Crippen LogP contribution is -1.92. The number of hydrogen-bond acceptors (Lipinski definition) is 2. The van der Waals surface area contributed by atoms with Gasteiger partial charge in [0.2, 0.25) is 0 Å². The third kappa shape index (κ3) is 5.35. The summed E-state index contributed by atoms with van der Waals surface area (Å²) in [4.78, 5) is 0. The third-order valence-corrected chi connectivity index (χ3v) is 6.43. The lowest BCUT2D eigenvalue weighted by atomic mass is 10.0. The van der Waals surface area contributed by atoms with Gasteiger partial charge in [-0.2, -0.15) is 0 Å². The Morgan fingerprint density at radius 2 is 0.605 bits per heavy atom. The van der Waals surface area contributed by atoms with Crippen molar-refractivity contribution in [1.82, 2.24) is 0 Å². The van der Waals surface area contributed by atoms with E-state index in [0.29, 0.717) is 11.5 Å². The Hall–Kier alpha value is -5.08. The van der Waals surface area contributed by atoms with E-state index in [-0.39, 0.29) is 0 Å². The minimum Gasteiger partial charge on any atom is -0.453 e. The minimum atomic E-state index is 0.657. The van der Waals surface area contributed by atoms with Crippen molar-refractivity contribution < 1.29 is 9.47 Å². The maximum atomic E-state index is 6.40. The van der Waals surface area contributed by atoms with Crippen molar-refractivity contribution in [2.24, 2.45) is 0 Å². The molecule has 6 rings (SSSR count). The second kappa shape index (κ2) is 10.9. The van der Waals surface area contributed by atoms with Crippen molar-refractivity contribution in [3.05, 3.63) is 158 Å². The number of ether oxygens (including phenoxy) is 2. The number of benzene rings is 6. The Morgan fingerprint density at radius 3 is 1.05 bits per heavy atom. The molecule has 0 saturated carbocycles. The summed E-state index contributed by atoms with van der Waals surface area (Å²) in [7, 11) is 0. The minimum absolute atomic E-state index is 0.657. The molecule has 6 aromatic carbocycles. The monoisotopic (exact) mass is 490 g/mol. The zero-order chi connectivity index (χ0) is 25.6. The molecule has 0 spiro atoms. The molecule has 0 bridgehead atoms. The van der Waals surface area contributed by atoms with E-state index in [9.17, 15) is 0 Å². The zero-order valence-electron chi connectivity index (χ0n) is 20.8. The summed E-state index contributed by atoms with van der Waals surface area (Å²) in [5.74, 6) is 2.82. The van der Waals surface area contributed by atoms with Gasteiger partial charge in [-0.25, -0.2) is 0 Å². The van der Waals surface area contributed by atoms with Crippen LogP contribution in [0.15, 0.2) is 158 Å². The van der Waals surface area contributed by atoms with Crippen LogP contribution in [0.3, 0.4) is 0 Å². The van der Waals surface area contributed by atoms with E-state index in [1.165, 1.54) is 11.1 Å². The topological polar surface area (TPSA) is 18.5 Å². The first-order valence-corrected chi connectivity index (χ1v) is 12.7. The van der Waals surface area contributed by atoms with Gasteiger partial charge < -0.3 is 9.47 Å². The van der Waals surface area contributed by atoms with Gasteiger partial charge in [0.25, 0.3) is 0 Å². The molecule has 0 unspecified atom stereocenters. The average Bonchev–Trinajstić information content (AvgIpc) is 3.00. The van der Waals surface area contributed by atoms with Gasteiger partial charge in [-0.15, -0.1) is 0 Å². The van der Waals surface area contributed by atoms with Gasteiger partial charge in [-0.1, -0.05) is 121 Å². The van der Waals surface area contributed by atoms with E-state index in [2.05, 4.69) is 66.7 Å². The predicted octanol–water partition coefficient (Wildman–Crippen LogP) is 10.3. The van der Waals surface area contributed by atoms with Crippen LogP contribution in [0.1, 0.15) is 0 Å². The van der Waals surface area contributed by atoms with Crippen LogP contribution in [0.2, 0.25) is 0 Å². The van der Waals surface area contributed by atoms with E-state index < -0.39 is 0 Å². The largest absolute Gasteiger partial charge is 0.453 e. The van der Waals surface area contributed by atoms with Crippen LogP contribution in [0.5, 0.6) is 23.0 Å². The van der Waals surface area contributed by atoms with E-state index in [4.69, 9.17) is 9.47 Å². The van der Waals surface area contributed by atoms with Gasteiger partial charge >= 0.3 is 0 Å². The summed E-state index contributed by atoms with van der Waals surface area (Å²) in [5, 5.41) is 0. The van der Waals surface area contributed by atoms with Gasteiger partial charge in [0.1, 0.15) is 11.5 Å². The van der Waals surface area contributed by atoms with Crippen LogP contribution in [0.4, 0.5) is 0 Å². The fraction of sp³-hybridized carbons (Fsp3) is 0. The van der Waals surface area contributed by atoms with Crippen LogP contribution in [0.25, 0.3) is 33.4 Å². The molecule has 6 aromatic rings. The summed E-state index contributed by atoms with van der Waals surface area (Å²) >= 11 is 0. The number of hydrogen-bond donors (Lipinski definition) is 0. The highest BCUT2D eigenvalue weighted by atomic mass is 16.5. The molecule has 0 atom stereocenters. The van der Waals surface area contributed by atoms with Crippen LogP contribution >= 0.6 is 0 Å². The maximum Gasteiger partial charge on any atom is 0.170 e. The Kier molecular flexibility index (Phi) is 6.69. The second-order valence-electron chi connectivity index (χ2n) is 9.01. The highest BCUT2D eigenvalue weighted by Crippen LogP contribution is 2.39. The first-order chi connectivity index (χ1) is 18.8. The average molecular weight is 491 g/mol. The molecule has 0 aliphatic rings. The zero-order valence-corrected chi connectivity index (χ0v) is 20.8. The fourth-order valence-corrected chi connectivity index (χ4v) is 4.43. The SMILES string of the molecule is c1ccc(-c2ccc(Oc3ccc(-c4ccccc4)cc3Oc3ccc(-c4ccccc4)cc3)cc2)cc1. The highest BCUT2D eigenvalue weighted by molar-refractivity contribution is 5.69. The molecule has 0 heterocycles. The third-order valence-electron chi connectivity index (χ3n) is 6.43. The predicted molar refractivity (Wildman–Crippen MR) is 156 cm³/mol. The molecule has 0 aliphatic heterocycles. The van der Waals surface area contributed by atoms with E-state index >= 15 is 0 Å². The maximum absolute atomic E-state index is 6.40. The van der Waals surface area contributed by atoms with Crippen molar-refractivity contribution in [3.8, 4) is 56.4 Å². The molecule has 2 heteroatoms. The van der Waals surface area contributed by atoms with Gasteiger partial charge in [-0.05, 0) is 69.8 Å². The van der Waals surface area contributed by atoms with Crippen LogP contribution in [-0.2, 0) is 0 Å². The first kappa shape index (κ1) is 23.3. The van der Waals surface area contributed by atoms with Crippen LogP contribution < -0.4 is 9.47 Å². The summed E-state index contributed by atoms with van der Waals surface area (Å²) in [6.07, 6.45) is 0. The quantitative estimate of drug-likeness (QED) is 0.222. The molecule has 2 nitrogen and oxygen atoms in total. The Morgan fingerprint density at radius 1 is 0.263 bits per heavy atom. The van der Waals surface area contributed by atoms with E-state index in [0.717, 1.165) is 33.8 Å². The normalized spacial score (nSPS) is 10.6. The van der Waals surface area contributed by atoms with Crippen LogP contribution in [-0.4, -0.2) is 0 Å². The highest BCUT2D eigenvalue weighted by Gasteiger charge is 2.11. The first-order valence-electron chi connectivity index (χ1n) is 12.7. The molecular formula is C36H26O2. The van der Waals surface area contributed by atoms with Gasteiger partial charge in [0.05, 0.1) is 0 Å². The molecule has 0 N–H and O–H groups in total. The standard InChI is InChI=1S/C36H26O2/c1-4-10-27(11-5-1)30-16-21-33(22-17-30)37-35-25-20-32(29-14-8-3-9-15-29)26-36(35)38-34-23-18-31(19-24-34)28-12-6-2-7-13-28/h1-26H. The molecule has 182 valence electrons. The Labute approximate surface area is 223 Å². The molecule has 0 saturated heterocycles.